The molecule has 10 N–H and O–H groups in total. The van der Waals surface area contributed by atoms with Gasteiger partial charge in [-0.2, -0.15) is 0 Å². The number of benzene rings is 1. The van der Waals surface area contributed by atoms with Crippen LogP contribution in [0.3, 0.4) is 0 Å². The van der Waals surface area contributed by atoms with Gasteiger partial charge in [0, 0.05) is 67.5 Å². The normalized spacial score (nSPS) is 34.1. The Morgan fingerprint density at radius 3 is 2.30 bits per heavy atom. The van der Waals surface area contributed by atoms with Gasteiger partial charge in [0.05, 0.1) is 36.4 Å². The van der Waals surface area contributed by atoms with Crippen LogP contribution in [0.15, 0.2) is 72.4 Å². The molecule has 1 spiro atoms. The molecule has 4 aliphatic rings. The van der Waals surface area contributed by atoms with Crippen LogP contribution in [0.4, 0.5) is 5.69 Å². The van der Waals surface area contributed by atoms with Gasteiger partial charge in [-0.1, -0.05) is 110 Å². The van der Waals surface area contributed by atoms with Crippen molar-refractivity contribution in [2.75, 3.05) is 12.3 Å². The Balaban J connectivity index is 0.000000413. The van der Waals surface area contributed by atoms with Crippen molar-refractivity contribution < 1.29 is 58.7 Å². The van der Waals surface area contributed by atoms with Crippen LogP contribution in [0.5, 0.6) is 0 Å². The third-order valence-corrected chi connectivity index (χ3v) is 17.1. The van der Waals surface area contributed by atoms with Gasteiger partial charge in [-0.15, -0.1) is 0 Å². The topological polar surface area (TPSA) is 279 Å². The minimum atomic E-state index is -1.37. The number of allylic oxidation sites excluding steroid dienone is 5. The predicted molar refractivity (Wildman–Crippen MR) is 309 cm³/mol. The second-order valence-corrected chi connectivity index (χ2v) is 23.5. The number of esters is 1. The molecule has 1 aromatic rings. The summed E-state index contributed by atoms with van der Waals surface area (Å²) in [6.45, 7) is 22.6. The molecule has 18 nitrogen and oxygen atoms in total. The van der Waals surface area contributed by atoms with E-state index in [9.17, 15) is 49.2 Å². The van der Waals surface area contributed by atoms with Crippen molar-refractivity contribution >= 4 is 41.1 Å². The van der Waals surface area contributed by atoms with Crippen LogP contribution in [0.25, 0.3) is 0 Å². The fraction of sp³-hybridized carbons (Fsp3) is 0.677. The molecule has 17 atom stereocenters. The first-order chi connectivity index (χ1) is 37.8. The largest absolute Gasteiger partial charge is 0.456 e. The first-order valence-corrected chi connectivity index (χ1v) is 29.3. The molecule has 1 unspecified atom stereocenters. The average Bonchev–Trinajstić information content (AvgIpc) is 3.48. The van der Waals surface area contributed by atoms with Gasteiger partial charge in [0.1, 0.15) is 35.7 Å². The smallest absolute Gasteiger partial charge is 0.325 e. The number of nitrogens with one attached hydrogen (secondary N) is 4. The number of hydrogen-bond donors (Lipinski definition) is 9. The minimum absolute atomic E-state index is 0.00180. The summed E-state index contributed by atoms with van der Waals surface area (Å²) in [5.74, 6) is -4.86. The molecule has 4 aliphatic heterocycles. The molecular weight excluding hydrogens is 1020 g/mol. The van der Waals surface area contributed by atoms with Crippen LogP contribution in [0.2, 0.25) is 0 Å². The lowest BCUT2D eigenvalue weighted by atomic mass is 9.69. The number of aliphatic hydroxyl groups excluding tert-OH is 4. The Morgan fingerprint density at radius 1 is 0.950 bits per heavy atom. The summed E-state index contributed by atoms with van der Waals surface area (Å²) in [7, 11) is 0. The summed E-state index contributed by atoms with van der Waals surface area (Å²) >= 11 is 0. The molecule has 3 fully saturated rings. The summed E-state index contributed by atoms with van der Waals surface area (Å²) in [4.78, 5) is 80.0. The molecule has 0 radical (unpaired) electrons. The predicted octanol–water partition coefficient (Wildman–Crippen LogP) is 6.31. The maximum absolute atomic E-state index is 14.2. The van der Waals surface area contributed by atoms with E-state index in [1.54, 1.807) is 63.3 Å². The second-order valence-electron chi connectivity index (χ2n) is 23.5. The highest BCUT2D eigenvalue weighted by Gasteiger charge is 2.57. The van der Waals surface area contributed by atoms with Crippen LogP contribution in [-0.4, -0.2) is 128 Å². The molecule has 5 rings (SSSR count). The van der Waals surface area contributed by atoms with Gasteiger partial charge >= 0.3 is 5.97 Å². The number of ketones is 1. The van der Waals surface area contributed by atoms with Crippen LogP contribution >= 0.6 is 0 Å². The minimum Gasteiger partial charge on any atom is -0.456 e. The molecule has 0 saturated carbocycles. The van der Waals surface area contributed by atoms with Gasteiger partial charge < -0.3 is 56.4 Å². The lowest BCUT2D eigenvalue weighted by Gasteiger charge is -2.56. The third-order valence-electron chi connectivity index (χ3n) is 17.1. The number of carbonyl (C=O) groups excluding carboxylic acids is 6. The van der Waals surface area contributed by atoms with Gasteiger partial charge in [-0.05, 0) is 108 Å². The van der Waals surface area contributed by atoms with Crippen LogP contribution in [-0.2, 0) is 44.7 Å². The van der Waals surface area contributed by atoms with Crippen molar-refractivity contribution in [3.63, 3.8) is 0 Å². The summed E-state index contributed by atoms with van der Waals surface area (Å²) in [6, 6.07) is 3.89. The number of fused-ring (bicyclic) bond motifs is 2. The quantitative estimate of drug-likeness (QED) is 0.0561. The molecule has 448 valence electrons. The number of piperidine rings is 1. The molecule has 0 aliphatic carbocycles. The van der Waals surface area contributed by atoms with Crippen LogP contribution in [0.1, 0.15) is 153 Å². The highest BCUT2D eigenvalue weighted by atomic mass is 16.5. The molecule has 4 amide bonds. The van der Waals surface area contributed by atoms with Gasteiger partial charge in [-0.3, -0.25) is 29.0 Å². The maximum atomic E-state index is 14.2. The Kier molecular flexibility index (Phi) is 26.8. The van der Waals surface area contributed by atoms with Gasteiger partial charge in [0.2, 0.25) is 17.7 Å². The summed E-state index contributed by atoms with van der Waals surface area (Å²) in [5, 5.41) is 54.1. The Bertz CT molecular complexity index is 2340. The monoisotopic (exact) mass is 1120 g/mol. The van der Waals surface area contributed by atoms with E-state index in [2.05, 4.69) is 41.3 Å². The van der Waals surface area contributed by atoms with Crippen LogP contribution < -0.4 is 27.1 Å². The SMILES string of the molecule is C/C=C(\C)[C@@H]1C/C=C/C=C/[C@H](O)[C@H](C)[C@@H](O)[C@@H](CCC(C)=O)C(=O)N[C@@H](C(C)C)C(=O)N[C@@H](Cc2cccc(N)c2)C(=O)N2CCCC(N2)C(=O)O1.C/C=C/CC[C@H](C)[C@@H](O)C[C@@H]1O[C@@]2(NC(=O)[C@@H](CC)C[C@@H]2C)[C@@H](C)[C@@H](O)[C@H]1C. The molecule has 3 saturated heterocycles. The van der Waals surface area contributed by atoms with Crippen molar-refractivity contribution in [2.24, 2.45) is 47.3 Å². The number of carbonyl (C=O) groups is 6. The third kappa shape index (κ3) is 18.4. The van der Waals surface area contributed by atoms with Gasteiger partial charge in [0.25, 0.3) is 5.91 Å². The Hall–Kier alpha value is -5.24. The number of nitrogens with two attached hydrogens (primary N) is 1. The lowest BCUT2D eigenvalue weighted by Crippen LogP contribution is -2.71. The zero-order chi connectivity index (χ0) is 59.6. The first-order valence-electron chi connectivity index (χ1n) is 29.3. The number of anilines is 1. The number of hydrogen-bond acceptors (Lipinski definition) is 14. The molecular formula is C62H98N6O12. The number of Topliss-reactive ketones (excluding diaryl/α,β-unsaturated/α-hetero) is 1. The lowest BCUT2D eigenvalue weighted by molar-refractivity contribution is -0.267. The summed E-state index contributed by atoms with van der Waals surface area (Å²) < 4.78 is 12.5. The standard InChI is InChI=1S/C39H57N5O8.C23H41NO4/c1-7-24(4)33-17-10-8-9-16-32(46)26(6)35(47)29(19-18-25(5)45)36(48)42-34(23(2)3)37(49)41-31(22-27-13-11-14-28(40)21-27)38(50)44-20-12-15-30(43-44)39(51)52-33;1-7-9-10-11-14(3)19(25)13-20-16(5)21(26)17(6)23(28-20)15(4)12-18(8-2)22(27)24-23/h7-11,13-14,16,21,23,26,29-35,43,46-47H,12,15,17-20,22,40H2,1-6H3,(H,41,49)(H,42,48);7,9,14-21,25-26H,8,10-13H2,1-6H3,(H,24,27)/b10-8+,16-9+,24-7+;9-7+/t26-,29+,30?,31-,32-,33-,34-,35+;14-,15-,16-,17-,18-,19-,20-,21-,23+/m00/s1. The van der Waals surface area contributed by atoms with Crippen molar-refractivity contribution in [1.82, 2.24) is 26.4 Å². The zero-order valence-corrected chi connectivity index (χ0v) is 49.7. The number of amides is 4. The molecule has 1 aromatic carbocycles. The van der Waals surface area contributed by atoms with Crippen molar-refractivity contribution in [2.45, 2.75) is 214 Å². The molecule has 18 heteroatoms. The van der Waals surface area contributed by atoms with E-state index in [4.69, 9.17) is 15.2 Å². The van der Waals surface area contributed by atoms with Crippen molar-refractivity contribution in [1.29, 1.82) is 0 Å². The molecule has 2 bridgehead atoms. The van der Waals surface area contributed by atoms with Crippen LogP contribution in [0, 0.1) is 47.3 Å². The number of aliphatic hydroxyl groups is 4. The number of rotatable bonds is 14. The van der Waals surface area contributed by atoms with E-state index in [-0.39, 0.29) is 73.2 Å². The van der Waals surface area contributed by atoms with E-state index in [1.807, 2.05) is 53.7 Å². The highest BCUT2D eigenvalue weighted by molar-refractivity contribution is 5.93. The van der Waals surface area contributed by atoms with E-state index in [0.29, 0.717) is 36.9 Å². The maximum Gasteiger partial charge on any atom is 0.325 e. The van der Waals surface area contributed by atoms with Gasteiger partial charge in [0.15, 0.2) is 0 Å². The number of nitrogen functional groups attached to an aromatic ring is 1. The molecule has 80 heavy (non-hydrogen) atoms. The number of cyclic esters (lactones) is 1. The summed E-state index contributed by atoms with van der Waals surface area (Å²) in [5.41, 5.74) is 10.2. The number of hydrazine groups is 1. The molecule has 0 aromatic heterocycles. The average molecular weight is 1120 g/mol. The van der Waals surface area contributed by atoms with Crippen molar-refractivity contribution in [3.8, 4) is 0 Å². The van der Waals surface area contributed by atoms with E-state index < -0.39 is 95.8 Å². The fourth-order valence-electron chi connectivity index (χ4n) is 11.3. The van der Waals surface area contributed by atoms with Gasteiger partial charge in [-0.25, -0.2) is 5.43 Å². The van der Waals surface area contributed by atoms with E-state index in [1.165, 1.54) is 18.0 Å². The number of ether oxygens (including phenoxy) is 2. The Labute approximate surface area is 476 Å². The Morgan fingerprint density at radius 2 is 1.66 bits per heavy atom. The first kappa shape index (κ1) is 67.3. The summed E-state index contributed by atoms with van der Waals surface area (Å²) in [6.07, 6.45) is 13.4. The highest BCUT2D eigenvalue weighted by Crippen LogP contribution is 2.46. The van der Waals surface area contributed by atoms with Crippen molar-refractivity contribution in [3.05, 3.63) is 77.9 Å². The second kappa shape index (κ2) is 31.8. The van der Waals surface area contributed by atoms with E-state index >= 15 is 0 Å². The fourth-order valence-corrected chi connectivity index (χ4v) is 11.3. The zero-order valence-electron chi connectivity index (χ0n) is 49.7. The van der Waals surface area contributed by atoms with E-state index in [0.717, 1.165) is 31.3 Å². The number of nitrogens with zero attached hydrogens (tertiary/aromatic N) is 1. The molecule has 4 heterocycles.